The van der Waals surface area contributed by atoms with Crippen LogP contribution in [0.15, 0.2) is 51.5 Å². The third-order valence-corrected chi connectivity index (χ3v) is 6.86. The molecule has 192 valence electrons. The normalized spacial score (nSPS) is 15.5. The van der Waals surface area contributed by atoms with Crippen molar-refractivity contribution in [1.82, 2.24) is 19.9 Å². The number of furan rings is 1. The summed E-state index contributed by atoms with van der Waals surface area (Å²) < 4.78 is 24.7. The first-order valence-electron chi connectivity index (χ1n) is 12.3. The molecule has 0 bridgehead atoms. The van der Waals surface area contributed by atoms with Crippen molar-refractivity contribution in [3.05, 3.63) is 71.1 Å². The molecule has 1 saturated heterocycles. The lowest BCUT2D eigenvalue weighted by molar-refractivity contribution is 0.0136. The standard InChI is InChI=1S/C28H29FN4O4/c1-16(2)20-12-21(18-6-8-19(29)9-7-18)31-22-13-23(36-25(20)22)26(34)33-11-10-32(15-28(33,4)5)27(35)24-17(3)14-30-37-24/h6-9,12-14,16H,10-11,15H2,1-5H3. The van der Waals surface area contributed by atoms with Crippen molar-refractivity contribution in [2.45, 2.75) is 46.1 Å². The summed E-state index contributed by atoms with van der Waals surface area (Å²) in [7, 11) is 0. The highest BCUT2D eigenvalue weighted by atomic mass is 19.1. The van der Waals surface area contributed by atoms with Gasteiger partial charge in [-0.15, -0.1) is 0 Å². The number of carbonyl (C=O) groups is 2. The summed E-state index contributed by atoms with van der Waals surface area (Å²) in [6.45, 7) is 10.7. The summed E-state index contributed by atoms with van der Waals surface area (Å²) in [5, 5.41) is 3.70. The zero-order chi connectivity index (χ0) is 26.5. The molecule has 1 aliphatic heterocycles. The van der Waals surface area contributed by atoms with Crippen LogP contribution in [0.5, 0.6) is 0 Å². The van der Waals surface area contributed by atoms with Gasteiger partial charge in [0.15, 0.2) is 11.3 Å². The van der Waals surface area contributed by atoms with Gasteiger partial charge in [0.05, 0.1) is 17.4 Å². The minimum Gasteiger partial charge on any atom is -0.449 e. The predicted octanol–water partition coefficient (Wildman–Crippen LogP) is 5.43. The average Bonchev–Trinajstić information content (AvgIpc) is 3.48. The average molecular weight is 505 g/mol. The fourth-order valence-electron chi connectivity index (χ4n) is 4.83. The summed E-state index contributed by atoms with van der Waals surface area (Å²) in [5.41, 5.74) is 3.55. The number of rotatable bonds is 4. The van der Waals surface area contributed by atoms with Gasteiger partial charge in [-0.3, -0.25) is 9.59 Å². The maximum Gasteiger partial charge on any atom is 0.292 e. The molecule has 3 aromatic heterocycles. The lowest BCUT2D eigenvalue weighted by Crippen LogP contribution is -2.62. The van der Waals surface area contributed by atoms with Gasteiger partial charge in [-0.1, -0.05) is 19.0 Å². The minimum atomic E-state index is -0.647. The third kappa shape index (κ3) is 4.50. The van der Waals surface area contributed by atoms with Crippen molar-refractivity contribution < 1.29 is 22.9 Å². The van der Waals surface area contributed by atoms with Crippen molar-refractivity contribution in [2.75, 3.05) is 19.6 Å². The number of nitrogens with zero attached hydrogens (tertiary/aromatic N) is 4. The highest BCUT2D eigenvalue weighted by Crippen LogP contribution is 2.33. The first-order chi connectivity index (χ1) is 17.5. The van der Waals surface area contributed by atoms with Gasteiger partial charge in [0.1, 0.15) is 11.3 Å². The van der Waals surface area contributed by atoms with E-state index in [1.54, 1.807) is 34.9 Å². The van der Waals surface area contributed by atoms with E-state index in [0.717, 1.165) is 11.1 Å². The van der Waals surface area contributed by atoms with Gasteiger partial charge < -0.3 is 18.7 Å². The number of halogens is 1. The van der Waals surface area contributed by atoms with Crippen LogP contribution in [0.4, 0.5) is 4.39 Å². The Bertz CT molecular complexity index is 1490. The molecule has 0 aliphatic carbocycles. The number of carbonyl (C=O) groups excluding carboxylic acids is 2. The molecule has 2 amide bonds. The maximum atomic E-state index is 13.6. The molecular weight excluding hydrogens is 475 g/mol. The molecule has 5 rings (SSSR count). The van der Waals surface area contributed by atoms with Crippen LogP contribution in [-0.2, 0) is 0 Å². The molecular formula is C28H29FN4O4. The number of amides is 2. The summed E-state index contributed by atoms with van der Waals surface area (Å²) in [5.74, 6) is -0.284. The Morgan fingerprint density at radius 2 is 1.81 bits per heavy atom. The van der Waals surface area contributed by atoms with Crippen LogP contribution < -0.4 is 0 Å². The largest absolute Gasteiger partial charge is 0.449 e. The van der Waals surface area contributed by atoms with Gasteiger partial charge in [0, 0.05) is 42.4 Å². The van der Waals surface area contributed by atoms with E-state index in [1.165, 1.54) is 18.3 Å². The first kappa shape index (κ1) is 24.7. The summed E-state index contributed by atoms with van der Waals surface area (Å²) >= 11 is 0. The fraction of sp³-hybridized carbons (Fsp3) is 0.357. The van der Waals surface area contributed by atoms with Crippen LogP contribution in [0, 0.1) is 12.7 Å². The highest BCUT2D eigenvalue weighted by molar-refractivity contribution is 5.97. The molecule has 9 heteroatoms. The van der Waals surface area contributed by atoms with Gasteiger partial charge in [-0.25, -0.2) is 9.37 Å². The van der Waals surface area contributed by atoms with Crippen molar-refractivity contribution in [3.63, 3.8) is 0 Å². The second-order valence-electron chi connectivity index (χ2n) is 10.4. The Balaban J connectivity index is 1.44. The summed E-state index contributed by atoms with van der Waals surface area (Å²) in [4.78, 5) is 34.7. The van der Waals surface area contributed by atoms with Crippen LogP contribution in [0.1, 0.15) is 65.8 Å². The molecule has 8 nitrogen and oxygen atoms in total. The molecule has 4 aromatic rings. The molecule has 1 aliphatic rings. The molecule has 0 atom stereocenters. The quantitative estimate of drug-likeness (QED) is 0.368. The molecule has 0 radical (unpaired) electrons. The molecule has 0 saturated carbocycles. The first-order valence-corrected chi connectivity index (χ1v) is 12.3. The predicted molar refractivity (Wildman–Crippen MR) is 136 cm³/mol. The Kier molecular flexibility index (Phi) is 6.09. The second-order valence-corrected chi connectivity index (χ2v) is 10.4. The van der Waals surface area contributed by atoms with Gasteiger partial charge in [-0.05, 0) is 57.0 Å². The topological polar surface area (TPSA) is 92.7 Å². The van der Waals surface area contributed by atoms with Crippen molar-refractivity contribution >= 4 is 22.9 Å². The fourth-order valence-corrected chi connectivity index (χ4v) is 4.83. The van der Waals surface area contributed by atoms with Crippen LogP contribution >= 0.6 is 0 Å². The third-order valence-electron chi connectivity index (χ3n) is 6.86. The smallest absolute Gasteiger partial charge is 0.292 e. The monoisotopic (exact) mass is 504 g/mol. The van der Waals surface area contributed by atoms with Crippen molar-refractivity contribution in [1.29, 1.82) is 0 Å². The molecule has 0 unspecified atom stereocenters. The number of piperazine rings is 1. The van der Waals surface area contributed by atoms with E-state index >= 15 is 0 Å². The summed E-state index contributed by atoms with van der Waals surface area (Å²) in [6.07, 6.45) is 1.51. The van der Waals surface area contributed by atoms with Crippen LogP contribution in [-0.4, -0.2) is 56.9 Å². The SMILES string of the molecule is Cc1cnoc1C(=O)N1CCN(C(=O)c2cc3nc(-c4ccc(F)cc4)cc(C(C)C)c3o2)C(C)(C)C1. The molecule has 4 heterocycles. The maximum absolute atomic E-state index is 13.6. The number of aryl methyl sites for hydroxylation is 1. The summed E-state index contributed by atoms with van der Waals surface area (Å²) in [6, 6.07) is 9.76. The molecule has 1 fully saturated rings. The lowest BCUT2D eigenvalue weighted by Gasteiger charge is -2.46. The number of fused-ring (bicyclic) bond motifs is 1. The van der Waals surface area contributed by atoms with Gasteiger partial charge in [0.25, 0.3) is 11.8 Å². The molecule has 37 heavy (non-hydrogen) atoms. The van der Waals surface area contributed by atoms with E-state index in [9.17, 15) is 14.0 Å². The number of hydrogen-bond acceptors (Lipinski definition) is 6. The number of aromatic nitrogens is 2. The highest BCUT2D eigenvalue weighted by Gasteiger charge is 2.40. The van der Waals surface area contributed by atoms with Crippen LogP contribution in [0.2, 0.25) is 0 Å². The van der Waals surface area contributed by atoms with E-state index < -0.39 is 5.54 Å². The molecule has 0 spiro atoms. The van der Waals surface area contributed by atoms with Crippen molar-refractivity contribution in [3.8, 4) is 11.3 Å². The zero-order valence-electron chi connectivity index (χ0n) is 21.5. The van der Waals surface area contributed by atoms with Gasteiger partial charge in [-0.2, -0.15) is 0 Å². The Hall–Kier alpha value is -4.01. The molecule has 0 N–H and O–H groups in total. The van der Waals surface area contributed by atoms with Crippen LogP contribution in [0.3, 0.4) is 0 Å². The minimum absolute atomic E-state index is 0.115. The number of pyridine rings is 1. The van der Waals surface area contributed by atoms with E-state index in [2.05, 4.69) is 5.16 Å². The number of benzene rings is 1. The van der Waals surface area contributed by atoms with Crippen LogP contribution in [0.25, 0.3) is 22.4 Å². The Morgan fingerprint density at radius 3 is 2.43 bits per heavy atom. The van der Waals surface area contributed by atoms with E-state index in [0.29, 0.717) is 42.0 Å². The molecule has 1 aromatic carbocycles. The Morgan fingerprint density at radius 1 is 1.08 bits per heavy atom. The zero-order valence-corrected chi connectivity index (χ0v) is 21.5. The van der Waals surface area contributed by atoms with E-state index in [1.807, 2.05) is 33.8 Å². The lowest BCUT2D eigenvalue weighted by atomic mass is 9.97. The van der Waals surface area contributed by atoms with E-state index in [4.69, 9.17) is 13.9 Å². The number of hydrogen-bond donors (Lipinski definition) is 0. The second kappa shape index (κ2) is 9.14. The Labute approximate surface area is 214 Å². The van der Waals surface area contributed by atoms with Gasteiger partial charge in [0.2, 0.25) is 5.76 Å². The van der Waals surface area contributed by atoms with Crippen molar-refractivity contribution in [2.24, 2.45) is 0 Å². The van der Waals surface area contributed by atoms with Gasteiger partial charge >= 0.3 is 0 Å². The van der Waals surface area contributed by atoms with E-state index in [-0.39, 0.29) is 35.1 Å².